The molecule has 2 aromatic rings. The van der Waals surface area contributed by atoms with Crippen molar-refractivity contribution in [2.24, 2.45) is 15.7 Å². The maximum absolute atomic E-state index is 5.66. The van der Waals surface area contributed by atoms with Crippen LogP contribution in [0, 0.1) is 0 Å². The fourth-order valence-electron chi connectivity index (χ4n) is 1.55. The van der Waals surface area contributed by atoms with E-state index < -0.39 is 0 Å². The lowest BCUT2D eigenvalue weighted by Crippen LogP contribution is -2.30. The van der Waals surface area contributed by atoms with Crippen LogP contribution in [0.1, 0.15) is 0 Å². The number of nitrogens with zero attached hydrogens (tertiary/aromatic N) is 7. The van der Waals surface area contributed by atoms with Crippen LogP contribution in [0.2, 0.25) is 0 Å². The van der Waals surface area contributed by atoms with Crippen LogP contribution >= 0.6 is 0 Å². The molecule has 10 heteroatoms. The minimum atomic E-state index is 0.206. The Bertz CT molecular complexity index is 726. The second-order valence-electron chi connectivity index (χ2n) is 3.43. The summed E-state index contributed by atoms with van der Waals surface area (Å²) in [5.74, 6) is 1.81. The number of rotatable bonds is 1. The number of anilines is 2. The van der Waals surface area contributed by atoms with Gasteiger partial charge in [-0.25, -0.2) is 4.40 Å². The number of nitrogens with one attached hydrogen (secondary N) is 2. The Labute approximate surface area is 101 Å². The molecule has 18 heavy (non-hydrogen) atoms. The van der Waals surface area contributed by atoms with Gasteiger partial charge in [-0.1, -0.05) is 0 Å². The van der Waals surface area contributed by atoms with Crippen molar-refractivity contribution in [2.75, 3.05) is 24.7 Å². The van der Waals surface area contributed by atoms with E-state index in [4.69, 9.17) is 5.73 Å². The van der Waals surface area contributed by atoms with E-state index in [-0.39, 0.29) is 11.6 Å². The normalized spacial score (nSPS) is 14.3. The van der Waals surface area contributed by atoms with E-state index >= 15 is 0 Å². The first-order valence-corrected chi connectivity index (χ1v) is 5.12. The van der Waals surface area contributed by atoms with E-state index in [9.17, 15) is 0 Å². The average molecular weight is 246 g/mol. The van der Waals surface area contributed by atoms with Gasteiger partial charge in [-0.15, -0.1) is 0 Å². The molecule has 1 aliphatic rings. The SMILES string of the molecule is CN=c1nc2n3c(nc(NC)nc3n1)NC(N)=N2. The fraction of sp³-hybridized carbons (Fsp3) is 0.250. The lowest BCUT2D eigenvalue weighted by Gasteiger charge is -2.15. The number of aliphatic imine (C=N–C) groups is 1. The summed E-state index contributed by atoms with van der Waals surface area (Å²) in [7, 11) is 3.31. The molecular weight excluding hydrogens is 236 g/mol. The molecule has 0 bridgehead atoms. The minimum Gasteiger partial charge on any atom is -0.369 e. The minimum absolute atomic E-state index is 0.206. The maximum atomic E-state index is 5.66. The molecule has 0 radical (unpaired) electrons. The summed E-state index contributed by atoms with van der Waals surface area (Å²) in [5, 5.41) is 5.67. The van der Waals surface area contributed by atoms with E-state index in [2.05, 4.69) is 40.6 Å². The van der Waals surface area contributed by atoms with Crippen molar-refractivity contribution < 1.29 is 0 Å². The molecule has 0 unspecified atom stereocenters. The van der Waals surface area contributed by atoms with Crippen molar-refractivity contribution in [1.82, 2.24) is 24.3 Å². The summed E-state index contributed by atoms with van der Waals surface area (Å²) < 4.78 is 1.56. The van der Waals surface area contributed by atoms with Crippen LogP contribution in [0.4, 0.5) is 17.8 Å². The quantitative estimate of drug-likeness (QED) is 0.555. The molecule has 0 saturated carbocycles. The van der Waals surface area contributed by atoms with Gasteiger partial charge in [0, 0.05) is 14.1 Å². The van der Waals surface area contributed by atoms with Crippen molar-refractivity contribution in [2.45, 2.75) is 0 Å². The lowest BCUT2D eigenvalue weighted by atomic mass is 10.6. The summed E-state index contributed by atoms with van der Waals surface area (Å²) >= 11 is 0. The van der Waals surface area contributed by atoms with Crippen LogP contribution in [-0.2, 0) is 0 Å². The topological polar surface area (TPSA) is 131 Å². The van der Waals surface area contributed by atoms with Crippen LogP contribution in [-0.4, -0.2) is 44.4 Å². The molecule has 0 saturated heterocycles. The first kappa shape index (κ1) is 10.4. The molecule has 3 heterocycles. The van der Waals surface area contributed by atoms with E-state index in [1.54, 1.807) is 18.5 Å². The third-order valence-corrected chi connectivity index (χ3v) is 2.31. The molecule has 0 aliphatic carbocycles. The summed E-state index contributed by atoms with van der Waals surface area (Å²) in [6.07, 6.45) is 0. The van der Waals surface area contributed by atoms with Gasteiger partial charge in [-0.3, -0.25) is 10.3 Å². The lowest BCUT2D eigenvalue weighted by molar-refractivity contribution is 0.868. The number of hydrogen-bond donors (Lipinski definition) is 3. The summed E-state index contributed by atoms with van der Waals surface area (Å²) in [4.78, 5) is 24.7. The van der Waals surface area contributed by atoms with Gasteiger partial charge in [0.15, 0.2) is 0 Å². The number of guanidine groups is 1. The van der Waals surface area contributed by atoms with E-state index in [0.717, 1.165) is 0 Å². The largest absolute Gasteiger partial charge is 0.369 e. The van der Waals surface area contributed by atoms with Crippen LogP contribution in [0.3, 0.4) is 0 Å². The second kappa shape index (κ2) is 3.61. The average Bonchev–Trinajstić information content (AvgIpc) is 2.37. The van der Waals surface area contributed by atoms with Gasteiger partial charge >= 0.3 is 0 Å². The van der Waals surface area contributed by atoms with Crippen LogP contribution < -0.4 is 22.0 Å². The molecule has 0 fully saturated rings. The van der Waals surface area contributed by atoms with Crippen molar-refractivity contribution in [3.63, 3.8) is 0 Å². The Balaban J connectivity index is 2.46. The molecule has 0 atom stereocenters. The van der Waals surface area contributed by atoms with Crippen molar-refractivity contribution in [1.29, 1.82) is 0 Å². The molecule has 4 N–H and O–H groups in total. The van der Waals surface area contributed by atoms with Crippen molar-refractivity contribution in [3.05, 3.63) is 5.62 Å². The Morgan fingerprint density at radius 3 is 2.83 bits per heavy atom. The van der Waals surface area contributed by atoms with Crippen molar-refractivity contribution in [3.8, 4) is 0 Å². The number of aromatic nitrogens is 5. The van der Waals surface area contributed by atoms with Gasteiger partial charge in [0.25, 0.3) is 5.62 Å². The zero-order valence-electron chi connectivity index (χ0n) is 9.71. The van der Waals surface area contributed by atoms with Crippen LogP contribution in [0.25, 0.3) is 5.78 Å². The summed E-state index contributed by atoms with van der Waals surface area (Å²) in [6.45, 7) is 0. The third kappa shape index (κ3) is 1.43. The van der Waals surface area contributed by atoms with Crippen LogP contribution in [0.5, 0.6) is 0 Å². The predicted molar refractivity (Wildman–Crippen MR) is 64.5 cm³/mol. The first-order chi connectivity index (χ1) is 8.71. The standard InChI is InChI=1S/C8H10N10/c1-10-4-14-6-12-3(9)13-7-15-5(11-2)17-8(16-4)18(6)7/h1-2H3,(H4,9,10,11,12,13,14,15,16,17). The fourth-order valence-corrected chi connectivity index (χ4v) is 1.55. The highest BCUT2D eigenvalue weighted by Gasteiger charge is 2.17. The molecule has 0 aromatic carbocycles. The molecule has 0 spiro atoms. The molecule has 3 rings (SSSR count). The Morgan fingerprint density at radius 1 is 1.28 bits per heavy atom. The van der Waals surface area contributed by atoms with E-state index in [1.165, 1.54) is 0 Å². The highest BCUT2D eigenvalue weighted by atomic mass is 15.4. The summed E-state index contributed by atoms with van der Waals surface area (Å²) in [5.41, 5.74) is 5.95. The van der Waals surface area contributed by atoms with Gasteiger partial charge in [-0.05, 0) is 0 Å². The first-order valence-electron chi connectivity index (χ1n) is 5.12. The molecule has 1 aliphatic heterocycles. The predicted octanol–water partition coefficient (Wildman–Crippen LogP) is -1.54. The van der Waals surface area contributed by atoms with Gasteiger partial charge in [-0.2, -0.15) is 24.9 Å². The second-order valence-corrected chi connectivity index (χ2v) is 3.43. The monoisotopic (exact) mass is 246 g/mol. The third-order valence-electron chi connectivity index (χ3n) is 2.31. The Hall–Kier alpha value is -2.78. The smallest absolute Gasteiger partial charge is 0.251 e. The zero-order valence-corrected chi connectivity index (χ0v) is 9.71. The Kier molecular flexibility index (Phi) is 2.08. The Morgan fingerprint density at radius 2 is 2.11 bits per heavy atom. The van der Waals surface area contributed by atoms with Crippen molar-refractivity contribution >= 4 is 29.6 Å². The van der Waals surface area contributed by atoms with E-state index in [0.29, 0.717) is 23.6 Å². The van der Waals surface area contributed by atoms with Crippen LogP contribution in [0.15, 0.2) is 9.98 Å². The zero-order chi connectivity index (χ0) is 12.7. The van der Waals surface area contributed by atoms with Gasteiger partial charge in [0.05, 0.1) is 0 Å². The van der Waals surface area contributed by atoms with Gasteiger partial charge in [0.2, 0.25) is 29.6 Å². The maximum Gasteiger partial charge on any atom is 0.251 e. The highest BCUT2D eigenvalue weighted by molar-refractivity contribution is 5.94. The highest BCUT2D eigenvalue weighted by Crippen LogP contribution is 2.18. The molecule has 2 aromatic heterocycles. The van der Waals surface area contributed by atoms with Gasteiger partial charge in [0.1, 0.15) is 0 Å². The number of hydrogen-bond acceptors (Lipinski definition) is 9. The molecular formula is C8H10N10. The molecule has 10 nitrogen and oxygen atoms in total. The number of nitrogens with two attached hydrogens (primary N) is 1. The van der Waals surface area contributed by atoms with Gasteiger partial charge < -0.3 is 11.1 Å². The molecule has 0 amide bonds. The summed E-state index contributed by atoms with van der Waals surface area (Å²) in [6, 6.07) is 0. The molecule has 92 valence electrons. The van der Waals surface area contributed by atoms with E-state index in [1.807, 2.05) is 0 Å².